The number of hydrogen-bond donors (Lipinski definition) is 0. The summed E-state index contributed by atoms with van der Waals surface area (Å²) in [5, 5.41) is 2.07. The third-order valence-electron chi connectivity index (χ3n) is 2.90. The van der Waals surface area contributed by atoms with Crippen LogP contribution in [0.3, 0.4) is 0 Å². The average molecular weight is 293 g/mol. The lowest BCUT2D eigenvalue weighted by Crippen LogP contribution is -2.19. The highest BCUT2D eigenvalue weighted by Gasteiger charge is 2.36. The molecule has 0 spiro atoms. The summed E-state index contributed by atoms with van der Waals surface area (Å²) in [5.41, 5.74) is 4.98. The Morgan fingerprint density at radius 2 is 1.26 bits per heavy atom. The van der Waals surface area contributed by atoms with E-state index >= 15 is 0 Å². The van der Waals surface area contributed by atoms with Gasteiger partial charge in [-0.25, -0.2) is 0 Å². The van der Waals surface area contributed by atoms with Crippen molar-refractivity contribution in [1.82, 2.24) is 0 Å². The molecule has 0 aliphatic rings. The fraction of sp³-hybridized carbons (Fsp3) is 0.0667. The van der Waals surface area contributed by atoms with Crippen LogP contribution >= 0.6 is 15.8 Å². The van der Waals surface area contributed by atoms with Crippen LogP contribution in [-0.2, 0) is 0 Å². The maximum Gasteiger partial charge on any atom is 0.348 e. The smallest absolute Gasteiger partial charge is 0.173 e. The van der Waals surface area contributed by atoms with Gasteiger partial charge in [-0.2, -0.15) is 8.39 Å². The van der Waals surface area contributed by atoms with Crippen LogP contribution < -0.4 is 10.6 Å². The molecule has 0 aliphatic heterocycles. The second-order valence-corrected chi connectivity index (χ2v) is 8.09. The SMILES string of the molecule is C[P+](C#CP(F)F)(c1ccccc1)c1ccccc1. The highest BCUT2D eigenvalue weighted by molar-refractivity contribution is 7.93. The molecule has 0 bridgehead atoms. The summed E-state index contributed by atoms with van der Waals surface area (Å²) < 4.78 is 25.0. The summed E-state index contributed by atoms with van der Waals surface area (Å²) in [5.74, 6) is 0. The molecule has 0 atom stereocenters. The van der Waals surface area contributed by atoms with Gasteiger partial charge in [0.2, 0.25) is 0 Å². The van der Waals surface area contributed by atoms with Gasteiger partial charge in [0.25, 0.3) is 0 Å². The van der Waals surface area contributed by atoms with Gasteiger partial charge in [0.05, 0.1) is 12.3 Å². The van der Waals surface area contributed by atoms with E-state index < -0.39 is 15.8 Å². The number of rotatable bonds is 2. The molecule has 0 radical (unpaired) electrons. The zero-order valence-electron chi connectivity index (χ0n) is 10.4. The summed E-state index contributed by atoms with van der Waals surface area (Å²) in [4.78, 5) is 0. The van der Waals surface area contributed by atoms with Gasteiger partial charge in [0.1, 0.15) is 10.6 Å². The monoisotopic (exact) mass is 293 g/mol. The van der Waals surface area contributed by atoms with Gasteiger partial charge in [-0.3, -0.25) is 0 Å². The molecule has 0 nitrogen and oxygen atoms in total. The standard InChI is InChI=1S/C15H13F2P2/c1-19(13-12-18(16)17,14-8-4-2-5-9-14)15-10-6-3-7-11-15/h2-11H,1H3/q+1. The molecule has 0 heterocycles. The molecular formula is C15H13F2P2+. The first-order valence-electron chi connectivity index (χ1n) is 5.75. The first kappa shape index (κ1) is 14.1. The van der Waals surface area contributed by atoms with Crippen LogP contribution in [-0.4, -0.2) is 6.66 Å². The molecule has 2 aromatic rings. The Kier molecular flexibility index (Phi) is 4.65. The molecule has 0 fully saturated rings. The normalized spacial score (nSPS) is 10.9. The molecular weight excluding hydrogens is 280 g/mol. The van der Waals surface area contributed by atoms with Crippen LogP contribution in [0.5, 0.6) is 0 Å². The predicted molar refractivity (Wildman–Crippen MR) is 81.9 cm³/mol. The summed E-state index contributed by atoms with van der Waals surface area (Å²) in [6.45, 7) is 1.99. The molecule has 0 aliphatic carbocycles. The molecule has 2 aromatic carbocycles. The van der Waals surface area contributed by atoms with E-state index in [9.17, 15) is 8.39 Å². The minimum Gasteiger partial charge on any atom is -0.173 e. The molecule has 4 heteroatoms. The Bertz CT molecular complexity index is 546. The van der Waals surface area contributed by atoms with Crippen LogP contribution in [0.2, 0.25) is 0 Å². The Hall–Kier alpha value is -1.28. The number of halogens is 2. The van der Waals surface area contributed by atoms with Crippen LogP contribution in [0.1, 0.15) is 0 Å². The van der Waals surface area contributed by atoms with Gasteiger partial charge < -0.3 is 0 Å². The van der Waals surface area contributed by atoms with Crippen LogP contribution in [0.25, 0.3) is 0 Å². The van der Waals surface area contributed by atoms with Crippen LogP contribution in [0.4, 0.5) is 8.39 Å². The highest BCUT2D eigenvalue weighted by atomic mass is 31.2. The maximum absolute atomic E-state index is 12.5. The summed E-state index contributed by atoms with van der Waals surface area (Å²) in [6, 6.07) is 19.4. The van der Waals surface area contributed by atoms with Crippen molar-refractivity contribution in [2.24, 2.45) is 0 Å². The Labute approximate surface area is 114 Å². The Morgan fingerprint density at radius 1 is 0.842 bits per heavy atom. The first-order chi connectivity index (χ1) is 9.13. The second kappa shape index (κ2) is 6.25. The van der Waals surface area contributed by atoms with E-state index in [0.717, 1.165) is 10.6 Å². The average Bonchev–Trinajstić information content (AvgIpc) is 2.46. The van der Waals surface area contributed by atoms with Crippen molar-refractivity contribution in [3.8, 4) is 11.3 Å². The van der Waals surface area contributed by atoms with Gasteiger partial charge >= 0.3 is 8.54 Å². The van der Waals surface area contributed by atoms with Crippen molar-refractivity contribution in [1.29, 1.82) is 0 Å². The van der Waals surface area contributed by atoms with E-state index in [1.807, 2.05) is 67.3 Å². The van der Waals surface area contributed by atoms with E-state index in [1.165, 1.54) is 0 Å². The topological polar surface area (TPSA) is 0 Å². The summed E-state index contributed by atoms with van der Waals surface area (Å²) >= 11 is 0. The van der Waals surface area contributed by atoms with Gasteiger partial charge in [-0.05, 0) is 24.3 Å². The van der Waals surface area contributed by atoms with Crippen molar-refractivity contribution in [2.75, 3.05) is 6.66 Å². The minimum atomic E-state index is -3.18. The van der Waals surface area contributed by atoms with Crippen molar-refractivity contribution in [3.63, 3.8) is 0 Å². The van der Waals surface area contributed by atoms with Crippen molar-refractivity contribution >= 4 is 26.4 Å². The summed E-state index contributed by atoms with van der Waals surface area (Å²) in [6.07, 6.45) is 0. The van der Waals surface area contributed by atoms with E-state index in [4.69, 9.17) is 0 Å². The molecule has 0 unspecified atom stereocenters. The molecule has 0 saturated carbocycles. The lowest BCUT2D eigenvalue weighted by Gasteiger charge is -2.15. The zero-order chi connectivity index (χ0) is 13.7. The highest BCUT2D eigenvalue weighted by Crippen LogP contribution is 2.52. The quantitative estimate of drug-likeness (QED) is 0.566. The van der Waals surface area contributed by atoms with E-state index in [0.29, 0.717) is 0 Å². The minimum absolute atomic E-state index is 1.03. The van der Waals surface area contributed by atoms with Crippen LogP contribution in [0, 0.1) is 11.3 Å². The molecule has 96 valence electrons. The van der Waals surface area contributed by atoms with Crippen LogP contribution in [0.15, 0.2) is 60.7 Å². The first-order valence-corrected chi connectivity index (χ1v) is 9.11. The fourth-order valence-corrected chi connectivity index (χ4v) is 5.06. The largest absolute Gasteiger partial charge is 0.348 e. The lowest BCUT2D eigenvalue weighted by molar-refractivity contribution is 0.766. The molecule has 19 heavy (non-hydrogen) atoms. The van der Waals surface area contributed by atoms with Gasteiger partial charge in [0, 0.05) is 5.66 Å². The predicted octanol–water partition coefficient (Wildman–Crippen LogP) is 4.45. The Morgan fingerprint density at radius 3 is 1.63 bits per heavy atom. The molecule has 0 amide bonds. The van der Waals surface area contributed by atoms with E-state index in [-0.39, 0.29) is 0 Å². The zero-order valence-corrected chi connectivity index (χ0v) is 12.2. The van der Waals surface area contributed by atoms with Gasteiger partial charge in [0.15, 0.2) is 7.26 Å². The maximum atomic E-state index is 12.5. The van der Waals surface area contributed by atoms with Crippen molar-refractivity contribution in [3.05, 3.63) is 60.7 Å². The molecule has 0 aromatic heterocycles. The Balaban J connectivity index is 2.55. The van der Waals surface area contributed by atoms with Crippen molar-refractivity contribution < 1.29 is 8.39 Å². The molecule has 0 N–H and O–H groups in total. The third-order valence-corrected chi connectivity index (χ3v) is 6.58. The number of benzene rings is 2. The lowest BCUT2D eigenvalue weighted by atomic mass is 10.4. The number of hydrogen-bond acceptors (Lipinski definition) is 0. The van der Waals surface area contributed by atoms with E-state index in [2.05, 4.69) is 11.3 Å². The molecule has 2 rings (SSSR count). The van der Waals surface area contributed by atoms with E-state index in [1.54, 1.807) is 0 Å². The van der Waals surface area contributed by atoms with Gasteiger partial charge in [-0.1, -0.05) is 36.4 Å². The van der Waals surface area contributed by atoms with Gasteiger partial charge in [-0.15, -0.1) is 0 Å². The fourth-order valence-electron chi connectivity index (χ4n) is 1.87. The third kappa shape index (κ3) is 3.38. The summed E-state index contributed by atoms with van der Waals surface area (Å²) in [7, 11) is -5.23. The van der Waals surface area contributed by atoms with Crippen molar-refractivity contribution in [2.45, 2.75) is 0 Å². The second-order valence-electron chi connectivity index (χ2n) is 4.13. The molecule has 0 saturated heterocycles.